The number of carbonyl (C=O) groups is 2. The SMILES string of the molecule is CC(C)(C)C(=O)N1CCc2ccc(NC(=O)NC[C@@H]3CCCO3)cc21. The van der Waals surface area contributed by atoms with Crippen molar-refractivity contribution in [2.24, 2.45) is 5.41 Å². The molecule has 1 saturated heterocycles. The third kappa shape index (κ3) is 4.12. The van der Waals surface area contributed by atoms with E-state index >= 15 is 0 Å². The minimum absolute atomic E-state index is 0.103. The van der Waals surface area contributed by atoms with Gasteiger partial charge in [-0.3, -0.25) is 4.79 Å². The van der Waals surface area contributed by atoms with Crippen molar-refractivity contribution in [2.45, 2.75) is 46.1 Å². The van der Waals surface area contributed by atoms with Gasteiger partial charge in [-0.25, -0.2) is 4.79 Å². The molecule has 0 aliphatic carbocycles. The van der Waals surface area contributed by atoms with Crippen LogP contribution >= 0.6 is 0 Å². The summed E-state index contributed by atoms with van der Waals surface area (Å²) in [4.78, 5) is 26.5. The molecule has 2 N–H and O–H groups in total. The maximum atomic E-state index is 12.6. The Morgan fingerprint density at radius 2 is 2.12 bits per heavy atom. The summed E-state index contributed by atoms with van der Waals surface area (Å²) in [7, 11) is 0. The van der Waals surface area contributed by atoms with Crippen molar-refractivity contribution < 1.29 is 14.3 Å². The molecule has 2 aliphatic heterocycles. The number of nitrogens with one attached hydrogen (secondary N) is 2. The Morgan fingerprint density at radius 1 is 1.32 bits per heavy atom. The minimum Gasteiger partial charge on any atom is -0.376 e. The molecule has 1 aromatic carbocycles. The monoisotopic (exact) mass is 345 g/mol. The lowest BCUT2D eigenvalue weighted by Crippen LogP contribution is -2.38. The Kier molecular flexibility index (Phi) is 4.99. The molecule has 6 nitrogen and oxygen atoms in total. The Hall–Kier alpha value is -2.08. The van der Waals surface area contributed by atoms with Crippen LogP contribution in [0.1, 0.15) is 39.2 Å². The van der Waals surface area contributed by atoms with E-state index in [1.807, 2.05) is 43.9 Å². The fourth-order valence-corrected chi connectivity index (χ4v) is 3.26. The molecule has 0 spiro atoms. The topological polar surface area (TPSA) is 70.7 Å². The Balaban J connectivity index is 1.64. The van der Waals surface area contributed by atoms with Crippen LogP contribution in [0.25, 0.3) is 0 Å². The van der Waals surface area contributed by atoms with Gasteiger partial charge in [-0.05, 0) is 37.0 Å². The van der Waals surface area contributed by atoms with E-state index in [9.17, 15) is 9.59 Å². The highest BCUT2D eigenvalue weighted by Crippen LogP contribution is 2.33. The first kappa shape index (κ1) is 17.7. The van der Waals surface area contributed by atoms with E-state index in [0.717, 1.165) is 37.1 Å². The van der Waals surface area contributed by atoms with Crippen LogP contribution in [0.4, 0.5) is 16.2 Å². The molecule has 3 amide bonds. The lowest BCUT2D eigenvalue weighted by atomic mass is 9.94. The molecule has 3 rings (SSSR count). The van der Waals surface area contributed by atoms with Crippen LogP contribution in [-0.4, -0.2) is 37.7 Å². The van der Waals surface area contributed by atoms with Crippen LogP contribution in [0, 0.1) is 5.41 Å². The average Bonchev–Trinajstić information content (AvgIpc) is 3.20. The summed E-state index contributed by atoms with van der Waals surface area (Å²) in [6.07, 6.45) is 3.01. The van der Waals surface area contributed by atoms with Gasteiger partial charge in [0.1, 0.15) is 0 Å². The predicted molar refractivity (Wildman–Crippen MR) is 97.9 cm³/mol. The lowest BCUT2D eigenvalue weighted by molar-refractivity contribution is -0.125. The summed E-state index contributed by atoms with van der Waals surface area (Å²) in [5.74, 6) is 0.103. The maximum absolute atomic E-state index is 12.6. The summed E-state index contributed by atoms with van der Waals surface area (Å²) in [6.45, 7) is 7.76. The summed E-state index contributed by atoms with van der Waals surface area (Å²) in [6, 6.07) is 5.51. The quantitative estimate of drug-likeness (QED) is 0.885. The molecular formula is C19H27N3O3. The van der Waals surface area contributed by atoms with E-state index in [-0.39, 0.29) is 18.0 Å². The summed E-state index contributed by atoms with van der Waals surface area (Å²) in [5, 5.41) is 5.69. The highest BCUT2D eigenvalue weighted by Gasteiger charge is 2.32. The van der Waals surface area contributed by atoms with Gasteiger partial charge >= 0.3 is 6.03 Å². The van der Waals surface area contributed by atoms with Gasteiger partial charge in [0.2, 0.25) is 5.91 Å². The van der Waals surface area contributed by atoms with E-state index in [1.165, 1.54) is 0 Å². The van der Waals surface area contributed by atoms with Gasteiger partial charge in [-0.15, -0.1) is 0 Å². The van der Waals surface area contributed by atoms with Gasteiger partial charge in [0.15, 0.2) is 0 Å². The Morgan fingerprint density at radius 3 is 2.80 bits per heavy atom. The second-order valence-corrected chi connectivity index (χ2v) is 7.77. The second kappa shape index (κ2) is 7.04. The molecule has 0 bridgehead atoms. The molecule has 2 heterocycles. The number of nitrogens with zero attached hydrogens (tertiary/aromatic N) is 1. The number of urea groups is 1. The largest absolute Gasteiger partial charge is 0.376 e. The molecule has 0 unspecified atom stereocenters. The highest BCUT2D eigenvalue weighted by molar-refractivity contribution is 6.00. The third-order valence-corrected chi connectivity index (χ3v) is 4.64. The Labute approximate surface area is 148 Å². The highest BCUT2D eigenvalue weighted by atomic mass is 16.5. The van der Waals surface area contributed by atoms with Crippen LogP contribution in [0.2, 0.25) is 0 Å². The van der Waals surface area contributed by atoms with E-state index in [1.54, 1.807) is 0 Å². The predicted octanol–water partition coefficient (Wildman–Crippen LogP) is 2.92. The first-order valence-corrected chi connectivity index (χ1v) is 8.96. The molecule has 136 valence electrons. The number of hydrogen-bond acceptors (Lipinski definition) is 3. The van der Waals surface area contributed by atoms with Gasteiger partial charge in [0, 0.05) is 36.5 Å². The number of ether oxygens (including phenoxy) is 1. The fourth-order valence-electron chi connectivity index (χ4n) is 3.26. The van der Waals surface area contributed by atoms with Crippen LogP contribution in [0.3, 0.4) is 0 Å². The molecule has 1 fully saturated rings. The number of fused-ring (bicyclic) bond motifs is 1. The molecule has 6 heteroatoms. The second-order valence-electron chi connectivity index (χ2n) is 7.77. The summed E-state index contributed by atoms with van der Waals surface area (Å²) < 4.78 is 5.50. The molecular weight excluding hydrogens is 318 g/mol. The number of rotatable bonds is 3. The van der Waals surface area contributed by atoms with Crippen molar-refractivity contribution >= 4 is 23.3 Å². The standard InChI is InChI=1S/C19H27N3O3/c1-19(2,3)17(23)22-9-8-13-6-7-14(11-16(13)22)21-18(24)20-12-15-5-4-10-25-15/h6-7,11,15H,4-5,8-10,12H2,1-3H3,(H2,20,21,24)/t15-/m0/s1. The number of hydrogen-bond donors (Lipinski definition) is 2. The average molecular weight is 345 g/mol. The summed E-state index contributed by atoms with van der Waals surface area (Å²) in [5.41, 5.74) is 2.31. The molecule has 0 saturated carbocycles. The van der Waals surface area contributed by atoms with Gasteiger partial charge in [-0.2, -0.15) is 0 Å². The normalized spacial score (nSPS) is 19.6. The lowest BCUT2D eigenvalue weighted by Gasteiger charge is -2.26. The van der Waals surface area contributed by atoms with E-state index < -0.39 is 5.41 Å². The van der Waals surface area contributed by atoms with Gasteiger partial charge in [-0.1, -0.05) is 26.8 Å². The number of amides is 3. The van der Waals surface area contributed by atoms with Gasteiger partial charge < -0.3 is 20.3 Å². The van der Waals surface area contributed by atoms with Gasteiger partial charge in [0.25, 0.3) is 0 Å². The zero-order valence-corrected chi connectivity index (χ0v) is 15.2. The first-order chi connectivity index (χ1) is 11.8. The molecule has 1 aromatic rings. The molecule has 25 heavy (non-hydrogen) atoms. The van der Waals surface area contributed by atoms with Crippen molar-refractivity contribution in [1.82, 2.24) is 5.32 Å². The number of benzene rings is 1. The fraction of sp³-hybridized carbons (Fsp3) is 0.579. The van der Waals surface area contributed by atoms with Crippen LogP contribution in [0.15, 0.2) is 18.2 Å². The van der Waals surface area contributed by atoms with Crippen molar-refractivity contribution in [3.8, 4) is 0 Å². The smallest absolute Gasteiger partial charge is 0.319 e. The van der Waals surface area contributed by atoms with Crippen LogP contribution < -0.4 is 15.5 Å². The van der Waals surface area contributed by atoms with Gasteiger partial charge in [0.05, 0.1) is 6.10 Å². The zero-order chi connectivity index (χ0) is 18.0. The van der Waals surface area contributed by atoms with E-state index in [2.05, 4.69) is 10.6 Å². The van der Waals surface area contributed by atoms with E-state index in [0.29, 0.717) is 18.8 Å². The molecule has 1 atom stereocenters. The minimum atomic E-state index is -0.427. The van der Waals surface area contributed by atoms with E-state index in [4.69, 9.17) is 4.74 Å². The molecule has 2 aliphatic rings. The van der Waals surface area contributed by atoms with Crippen LogP contribution in [-0.2, 0) is 16.0 Å². The number of carbonyl (C=O) groups excluding carboxylic acids is 2. The summed E-state index contributed by atoms with van der Waals surface area (Å²) >= 11 is 0. The first-order valence-electron chi connectivity index (χ1n) is 8.96. The molecule has 0 radical (unpaired) electrons. The van der Waals surface area contributed by atoms with Crippen molar-refractivity contribution in [1.29, 1.82) is 0 Å². The van der Waals surface area contributed by atoms with Crippen molar-refractivity contribution in [3.63, 3.8) is 0 Å². The zero-order valence-electron chi connectivity index (χ0n) is 15.2. The van der Waals surface area contributed by atoms with Crippen LogP contribution in [0.5, 0.6) is 0 Å². The molecule has 0 aromatic heterocycles. The number of anilines is 2. The van der Waals surface area contributed by atoms with Crippen molar-refractivity contribution in [2.75, 3.05) is 29.9 Å². The van der Waals surface area contributed by atoms with Crippen molar-refractivity contribution in [3.05, 3.63) is 23.8 Å². The maximum Gasteiger partial charge on any atom is 0.319 e. The Bertz CT molecular complexity index is 660. The third-order valence-electron chi connectivity index (χ3n) is 4.64.